The average molecular weight is 245 g/mol. The summed E-state index contributed by atoms with van der Waals surface area (Å²) in [5.41, 5.74) is -0.0430. The lowest BCUT2D eigenvalue weighted by atomic mass is 10.4. The number of nitrogens with one attached hydrogen (secondary N) is 2. The van der Waals surface area contributed by atoms with E-state index in [1.165, 1.54) is 13.2 Å². The zero-order valence-corrected chi connectivity index (χ0v) is 9.84. The molecule has 0 spiro atoms. The van der Waals surface area contributed by atoms with Crippen LogP contribution in [0.4, 0.5) is 5.69 Å². The number of aromatic nitrogens is 2. The summed E-state index contributed by atoms with van der Waals surface area (Å²) in [6.45, 7) is 2.44. The quantitative estimate of drug-likeness (QED) is 0.781. The third kappa shape index (κ3) is 2.96. The molecule has 0 aliphatic carbocycles. The number of hydrogen-bond donors (Lipinski definition) is 2. The summed E-state index contributed by atoms with van der Waals surface area (Å²) in [5.74, 6) is -0.167. The van der Waals surface area contributed by atoms with E-state index in [1.807, 2.05) is 6.92 Å². The van der Waals surface area contributed by atoms with E-state index in [2.05, 4.69) is 15.7 Å². The van der Waals surface area contributed by atoms with E-state index >= 15 is 0 Å². The second-order valence-electron chi connectivity index (χ2n) is 3.11. The van der Waals surface area contributed by atoms with Crippen LogP contribution in [0.3, 0.4) is 0 Å². The van der Waals surface area contributed by atoms with Crippen LogP contribution in [0.1, 0.15) is 6.92 Å². The van der Waals surface area contributed by atoms with Gasteiger partial charge in [-0.15, -0.1) is 0 Å². The molecule has 0 unspecified atom stereocenters. The minimum Gasteiger partial charge on any atom is -0.373 e. The van der Waals surface area contributed by atoms with Crippen molar-refractivity contribution in [3.63, 3.8) is 0 Å². The highest BCUT2D eigenvalue weighted by Gasteiger charge is 2.07. The first-order chi connectivity index (χ1) is 7.56. The Bertz CT molecular complexity index is 444. The van der Waals surface area contributed by atoms with Crippen LogP contribution in [0, 0.1) is 0 Å². The molecule has 7 heteroatoms. The third-order valence-electron chi connectivity index (χ3n) is 1.89. The summed E-state index contributed by atoms with van der Waals surface area (Å²) in [5, 5.41) is 9.18. The molecule has 1 rings (SSSR count). The molecule has 88 valence electrons. The SMILES string of the molecule is CCNC(=O)CNc1cnn(C)c(=O)c1Cl. The number of halogens is 1. The van der Waals surface area contributed by atoms with Crippen molar-refractivity contribution in [3.05, 3.63) is 21.6 Å². The van der Waals surface area contributed by atoms with Gasteiger partial charge >= 0.3 is 0 Å². The second-order valence-corrected chi connectivity index (χ2v) is 3.49. The number of rotatable bonds is 4. The van der Waals surface area contributed by atoms with Gasteiger partial charge in [0.1, 0.15) is 5.02 Å². The lowest BCUT2D eigenvalue weighted by molar-refractivity contribution is -0.119. The molecule has 0 saturated heterocycles. The number of hydrogen-bond acceptors (Lipinski definition) is 4. The summed E-state index contributed by atoms with van der Waals surface area (Å²) in [6, 6.07) is 0. The van der Waals surface area contributed by atoms with Gasteiger partial charge in [0.2, 0.25) is 5.91 Å². The van der Waals surface area contributed by atoms with E-state index in [0.717, 1.165) is 4.68 Å². The van der Waals surface area contributed by atoms with E-state index in [4.69, 9.17) is 11.6 Å². The van der Waals surface area contributed by atoms with Crippen LogP contribution in [0.5, 0.6) is 0 Å². The maximum Gasteiger partial charge on any atom is 0.287 e. The Morgan fingerprint density at radius 1 is 1.62 bits per heavy atom. The standard InChI is InChI=1S/C9H13ClN4O2/c1-3-11-7(15)5-12-6-4-13-14(2)9(16)8(6)10/h4,12H,3,5H2,1-2H3,(H,11,15). The Hall–Kier alpha value is -1.56. The van der Waals surface area contributed by atoms with Gasteiger partial charge < -0.3 is 10.6 Å². The monoisotopic (exact) mass is 244 g/mol. The number of carbonyl (C=O) groups excluding carboxylic acids is 1. The summed E-state index contributed by atoms with van der Waals surface area (Å²) in [7, 11) is 1.50. The Morgan fingerprint density at radius 3 is 2.94 bits per heavy atom. The molecule has 0 fully saturated rings. The first-order valence-electron chi connectivity index (χ1n) is 4.78. The summed E-state index contributed by atoms with van der Waals surface area (Å²) in [4.78, 5) is 22.5. The molecule has 16 heavy (non-hydrogen) atoms. The van der Waals surface area contributed by atoms with Crippen molar-refractivity contribution in [2.75, 3.05) is 18.4 Å². The summed E-state index contributed by atoms with van der Waals surface area (Å²) < 4.78 is 1.12. The fourth-order valence-electron chi connectivity index (χ4n) is 1.07. The highest BCUT2D eigenvalue weighted by Crippen LogP contribution is 2.13. The van der Waals surface area contributed by atoms with Crippen LogP contribution >= 0.6 is 11.6 Å². The molecule has 0 aliphatic rings. The number of anilines is 1. The zero-order valence-electron chi connectivity index (χ0n) is 9.08. The van der Waals surface area contributed by atoms with Crippen LogP contribution in [-0.4, -0.2) is 28.8 Å². The van der Waals surface area contributed by atoms with Crippen molar-refractivity contribution >= 4 is 23.2 Å². The van der Waals surface area contributed by atoms with E-state index in [1.54, 1.807) is 0 Å². The number of nitrogens with zero attached hydrogens (tertiary/aromatic N) is 2. The van der Waals surface area contributed by atoms with Crippen molar-refractivity contribution in [1.29, 1.82) is 0 Å². The normalized spacial score (nSPS) is 9.94. The molecule has 1 aromatic rings. The lowest BCUT2D eigenvalue weighted by Gasteiger charge is -2.07. The van der Waals surface area contributed by atoms with Crippen molar-refractivity contribution < 1.29 is 4.79 Å². The van der Waals surface area contributed by atoms with Crippen LogP contribution in [-0.2, 0) is 11.8 Å². The topological polar surface area (TPSA) is 76.0 Å². The first-order valence-corrected chi connectivity index (χ1v) is 5.16. The maximum absolute atomic E-state index is 11.4. The number of likely N-dealkylation sites (N-methyl/N-ethyl adjacent to an activating group) is 1. The fraction of sp³-hybridized carbons (Fsp3) is 0.444. The fourth-order valence-corrected chi connectivity index (χ4v) is 1.31. The Morgan fingerprint density at radius 2 is 2.31 bits per heavy atom. The highest BCUT2D eigenvalue weighted by atomic mass is 35.5. The smallest absolute Gasteiger partial charge is 0.287 e. The van der Waals surface area contributed by atoms with E-state index < -0.39 is 5.56 Å². The molecule has 1 aromatic heterocycles. The van der Waals surface area contributed by atoms with Gasteiger partial charge in [0, 0.05) is 13.6 Å². The van der Waals surface area contributed by atoms with Crippen molar-refractivity contribution in [2.24, 2.45) is 7.05 Å². The van der Waals surface area contributed by atoms with E-state index in [9.17, 15) is 9.59 Å². The molecule has 6 nitrogen and oxygen atoms in total. The van der Waals surface area contributed by atoms with E-state index in [0.29, 0.717) is 12.2 Å². The van der Waals surface area contributed by atoms with Gasteiger partial charge in [-0.05, 0) is 6.92 Å². The van der Waals surface area contributed by atoms with Crippen LogP contribution in [0.25, 0.3) is 0 Å². The lowest BCUT2D eigenvalue weighted by Crippen LogP contribution is -2.30. The van der Waals surface area contributed by atoms with Gasteiger partial charge in [0.05, 0.1) is 18.4 Å². The van der Waals surface area contributed by atoms with Crippen LogP contribution in [0.15, 0.2) is 11.0 Å². The third-order valence-corrected chi connectivity index (χ3v) is 2.26. The first kappa shape index (κ1) is 12.5. The Balaban J connectivity index is 2.72. The second kappa shape index (κ2) is 5.50. The number of carbonyl (C=O) groups is 1. The maximum atomic E-state index is 11.4. The molecule has 0 radical (unpaired) electrons. The van der Waals surface area contributed by atoms with Gasteiger partial charge in [-0.25, -0.2) is 4.68 Å². The van der Waals surface area contributed by atoms with Crippen molar-refractivity contribution in [2.45, 2.75) is 6.92 Å². The molecule has 0 aromatic carbocycles. The minimum atomic E-state index is -0.400. The molecule has 0 bridgehead atoms. The molecule has 0 atom stereocenters. The van der Waals surface area contributed by atoms with Gasteiger partial charge in [0.15, 0.2) is 0 Å². The zero-order chi connectivity index (χ0) is 12.1. The molecule has 1 heterocycles. The largest absolute Gasteiger partial charge is 0.373 e. The molecule has 0 aliphatic heterocycles. The Kier molecular flexibility index (Phi) is 4.30. The summed E-state index contributed by atoms with van der Waals surface area (Å²) in [6.07, 6.45) is 1.41. The average Bonchev–Trinajstić information content (AvgIpc) is 2.25. The van der Waals surface area contributed by atoms with Crippen LogP contribution in [0.2, 0.25) is 5.02 Å². The van der Waals surface area contributed by atoms with Crippen molar-refractivity contribution in [1.82, 2.24) is 15.1 Å². The van der Waals surface area contributed by atoms with Gasteiger partial charge in [-0.3, -0.25) is 9.59 Å². The molecule has 2 N–H and O–H groups in total. The highest BCUT2D eigenvalue weighted by molar-refractivity contribution is 6.33. The molecule has 1 amide bonds. The summed E-state index contributed by atoms with van der Waals surface area (Å²) >= 11 is 5.79. The predicted molar refractivity (Wildman–Crippen MR) is 61.7 cm³/mol. The Labute approximate surface area is 97.6 Å². The van der Waals surface area contributed by atoms with E-state index in [-0.39, 0.29) is 17.5 Å². The molecular weight excluding hydrogens is 232 g/mol. The number of amides is 1. The molecule has 0 saturated carbocycles. The van der Waals surface area contributed by atoms with Gasteiger partial charge in [-0.2, -0.15) is 5.10 Å². The minimum absolute atomic E-state index is 0.0294. The van der Waals surface area contributed by atoms with Gasteiger partial charge in [-0.1, -0.05) is 11.6 Å². The van der Waals surface area contributed by atoms with Crippen LogP contribution < -0.4 is 16.2 Å². The van der Waals surface area contributed by atoms with Crippen molar-refractivity contribution in [3.8, 4) is 0 Å². The number of aryl methyl sites for hydroxylation is 1. The molecular formula is C9H13ClN4O2. The predicted octanol–water partition coefficient (Wildman–Crippen LogP) is -0.0183. The van der Waals surface area contributed by atoms with Gasteiger partial charge in [0.25, 0.3) is 5.56 Å².